The molecule has 0 bridgehead atoms. The summed E-state index contributed by atoms with van der Waals surface area (Å²) in [7, 11) is 0. The average Bonchev–Trinajstić information content (AvgIpc) is 2.19. The Morgan fingerprint density at radius 3 is 2.46 bits per heavy atom. The van der Waals surface area contributed by atoms with Crippen LogP contribution in [0.5, 0.6) is 0 Å². The lowest BCUT2D eigenvalue weighted by molar-refractivity contribution is 0.590. The normalized spacial score (nSPS) is 30.7. The Hall–Kier alpha value is 0.0900. The van der Waals surface area contributed by atoms with Gasteiger partial charge in [-0.15, -0.1) is 11.8 Å². The Morgan fingerprint density at radius 1 is 1.00 bits per heavy atom. The van der Waals surface area contributed by atoms with Crippen LogP contribution in [0.25, 0.3) is 0 Å². The van der Waals surface area contributed by atoms with Gasteiger partial charge in [-0.05, 0) is 49.9 Å². The van der Waals surface area contributed by atoms with Crippen LogP contribution in [-0.4, -0.2) is 5.25 Å². The van der Waals surface area contributed by atoms with Crippen molar-refractivity contribution in [2.75, 3.05) is 0 Å². The highest BCUT2D eigenvalue weighted by atomic mass is 32.2. The standard InChI is InChI=1S/C12H20S/c1-10-6-5-9-12(13-10)11-7-3-2-4-8-11/h10H,2-9H2,1H3. The molecule has 2 aliphatic rings. The van der Waals surface area contributed by atoms with Gasteiger partial charge in [0.05, 0.1) is 0 Å². The molecule has 0 aromatic carbocycles. The second-order valence-corrected chi connectivity index (χ2v) is 5.94. The van der Waals surface area contributed by atoms with E-state index >= 15 is 0 Å². The molecule has 1 aliphatic heterocycles. The maximum atomic E-state index is 2.38. The lowest BCUT2D eigenvalue weighted by atomic mass is 9.93. The molecule has 0 N–H and O–H groups in total. The fraction of sp³-hybridized carbons (Fsp3) is 0.833. The summed E-state index contributed by atoms with van der Waals surface area (Å²) in [5.74, 6) is 0. The molecular weight excluding hydrogens is 176 g/mol. The fourth-order valence-corrected chi connectivity index (χ4v) is 3.83. The molecule has 0 radical (unpaired) electrons. The Kier molecular flexibility index (Phi) is 3.37. The monoisotopic (exact) mass is 196 g/mol. The van der Waals surface area contributed by atoms with E-state index in [0.717, 1.165) is 5.25 Å². The van der Waals surface area contributed by atoms with Crippen LogP contribution in [-0.2, 0) is 0 Å². The van der Waals surface area contributed by atoms with Gasteiger partial charge in [0.2, 0.25) is 0 Å². The van der Waals surface area contributed by atoms with Gasteiger partial charge in [-0.25, -0.2) is 0 Å². The summed E-state index contributed by atoms with van der Waals surface area (Å²) in [6.07, 6.45) is 11.5. The molecular formula is C12H20S. The Morgan fingerprint density at radius 2 is 1.77 bits per heavy atom. The Balaban J connectivity index is 2.02. The van der Waals surface area contributed by atoms with E-state index in [-0.39, 0.29) is 0 Å². The van der Waals surface area contributed by atoms with Crippen molar-refractivity contribution >= 4 is 11.8 Å². The number of hydrogen-bond donors (Lipinski definition) is 0. The van der Waals surface area contributed by atoms with E-state index in [1.807, 2.05) is 5.57 Å². The van der Waals surface area contributed by atoms with Crippen LogP contribution < -0.4 is 0 Å². The van der Waals surface area contributed by atoms with Gasteiger partial charge < -0.3 is 0 Å². The van der Waals surface area contributed by atoms with E-state index in [2.05, 4.69) is 18.7 Å². The molecule has 1 aliphatic carbocycles. The van der Waals surface area contributed by atoms with Gasteiger partial charge in [0.1, 0.15) is 0 Å². The van der Waals surface area contributed by atoms with Crippen LogP contribution in [0, 0.1) is 0 Å². The van der Waals surface area contributed by atoms with Gasteiger partial charge in [-0.1, -0.05) is 18.9 Å². The van der Waals surface area contributed by atoms with Gasteiger partial charge in [0, 0.05) is 5.25 Å². The third-order valence-electron chi connectivity index (χ3n) is 3.21. The van der Waals surface area contributed by atoms with Crippen molar-refractivity contribution in [3.8, 4) is 0 Å². The molecule has 1 heterocycles. The van der Waals surface area contributed by atoms with Crippen molar-refractivity contribution in [2.45, 2.75) is 63.5 Å². The largest absolute Gasteiger partial charge is 0.128 e. The molecule has 0 aromatic rings. The van der Waals surface area contributed by atoms with E-state index in [1.165, 1.54) is 51.4 Å². The van der Waals surface area contributed by atoms with Gasteiger partial charge in [0.15, 0.2) is 0 Å². The number of hydrogen-bond acceptors (Lipinski definition) is 1. The van der Waals surface area contributed by atoms with Crippen molar-refractivity contribution < 1.29 is 0 Å². The molecule has 0 amide bonds. The van der Waals surface area contributed by atoms with Gasteiger partial charge in [-0.3, -0.25) is 0 Å². The topological polar surface area (TPSA) is 0 Å². The molecule has 0 nitrogen and oxygen atoms in total. The van der Waals surface area contributed by atoms with Gasteiger partial charge in [0.25, 0.3) is 0 Å². The fourth-order valence-electron chi connectivity index (χ4n) is 2.43. The summed E-state index contributed by atoms with van der Waals surface area (Å²) in [6.45, 7) is 2.38. The summed E-state index contributed by atoms with van der Waals surface area (Å²) in [5, 5.41) is 0.887. The first-order valence-corrected chi connectivity index (χ1v) is 6.62. The van der Waals surface area contributed by atoms with Crippen LogP contribution in [0.4, 0.5) is 0 Å². The summed E-state index contributed by atoms with van der Waals surface area (Å²) in [6, 6.07) is 0. The first kappa shape index (κ1) is 9.64. The number of allylic oxidation sites excluding steroid dienone is 2. The predicted octanol–water partition coefficient (Wildman–Crippen LogP) is 4.51. The summed E-state index contributed by atoms with van der Waals surface area (Å²) in [4.78, 5) is 1.78. The molecule has 2 rings (SSSR count). The zero-order chi connectivity index (χ0) is 9.10. The second kappa shape index (κ2) is 4.54. The van der Waals surface area contributed by atoms with Crippen LogP contribution in [0.15, 0.2) is 10.5 Å². The van der Waals surface area contributed by atoms with Crippen LogP contribution in [0.2, 0.25) is 0 Å². The molecule has 74 valence electrons. The third kappa shape index (κ3) is 2.52. The maximum absolute atomic E-state index is 2.38. The van der Waals surface area contributed by atoms with Crippen molar-refractivity contribution in [3.63, 3.8) is 0 Å². The van der Waals surface area contributed by atoms with Crippen LogP contribution >= 0.6 is 11.8 Å². The zero-order valence-corrected chi connectivity index (χ0v) is 9.46. The van der Waals surface area contributed by atoms with Gasteiger partial charge in [-0.2, -0.15) is 0 Å². The molecule has 0 spiro atoms. The summed E-state index contributed by atoms with van der Waals surface area (Å²) in [5.41, 5.74) is 1.82. The summed E-state index contributed by atoms with van der Waals surface area (Å²) >= 11 is 2.17. The van der Waals surface area contributed by atoms with E-state index in [1.54, 1.807) is 4.91 Å². The highest BCUT2D eigenvalue weighted by Gasteiger charge is 2.18. The first-order valence-electron chi connectivity index (χ1n) is 5.74. The van der Waals surface area contributed by atoms with E-state index in [0.29, 0.717) is 0 Å². The van der Waals surface area contributed by atoms with E-state index in [9.17, 15) is 0 Å². The highest BCUT2D eigenvalue weighted by Crippen LogP contribution is 2.40. The minimum absolute atomic E-state index is 0.887. The second-order valence-electron chi connectivity index (χ2n) is 4.41. The Labute approximate surface area is 86.2 Å². The predicted molar refractivity (Wildman–Crippen MR) is 61.0 cm³/mol. The van der Waals surface area contributed by atoms with Crippen LogP contribution in [0.3, 0.4) is 0 Å². The molecule has 1 atom stereocenters. The molecule has 2 fully saturated rings. The van der Waals surface area contributed by atoms with Crippen molar-refractivity contribution in [1.82, 2.24) is 0 Å². The average molecular weight is 196 g/mol. The smallest absolute Gasteiger partial charge is 0.00629 e. The quantitative estimate of drug-likeness (QED) is 0.549. The number of rotatable bonds is 0. The van der Waals surface area contributed by atoms with Crippen molar-refractivity contribution in [2.24, 2.45) is 0 Å². The highest BCUT2D eigenvalue weighted by molar-refractivity contribution is 8.03. The van der Waals surface area contributed by atoms with Crippen LogP contribution in [0.1, 0.15) is 58.3 Å². The lowest BCUT2D eigenvalue weighted by Crippen LogP contribution is -2.06. The lowest BCUT2D eigenvalue weighted by Gasteiger charge is -2.25. The minimum Gasteiger partial charge on any atom is -0.128 e. The summed E-state index contributed by atoms with van der Waals surface area (Å²) < 4.78 is 0. The van der Waals surface area contributed by atoms with Crippen molar-refractivity contribution in [1.29, 1.82) is 0 Å². The van der Waals surface area contributed by atoms with Gasteiger partial charge >= 0.3 is 0 Å². The minimum atomic E-state index is 0.887. The molecule has 0 aromatic heterocycles. The van der Waals surface area contributed by atoms with E-state index in [4.69, 9.17) is 0 Å². The molecule has 13 heavy (non-hydrogen) atoms. The first-order chi connectivity index (χ1) is 6.36. The molecule has 1 unspecified atom stereocenters. The molecule has 1 saturated heterocycles. The third-order valence-corrected chi connectivity index (χ3v) is 4.62. The SMILES string of the molecule is CC1CCCC(=C2CCCCC2)S1. The molecule has 1 saturated carbocycles. The maximum Gasteiger partial charge on any atom is 0.00629 e. The van der Waals surface area contributed by atoms with E-state index < -0.39 is 0 Å². The number of thioether (sulfide) groups is 1. The van der Waals surface area contributed by atoms with Crippen molar-refractivity contribution in [3.05, 3.63) is 10.5 Å². The zero-order valence-electron chi connectivity index (χ0n) is 8.64. The molecule has 1 heteroatoms. The Bertz CT molecular complexity index is 197.